The summed E-state index contributed by atoms with van der Waals surface area (Å²) in [6, 6.07) is 0.466. The summed E-state index contributed by atoms with van der Waals surface area (Å²) < 4.78 is 5.19. The average Bonchev–Trinajstić information content (AvgIpc) is 2.08. The number of rotatable bonds is 4. The van der Waals surface area contributed by atoms with E-state index in [2.05, 4.69) is 11.9 Å². The van der Waals surface area contributed by atoms with Gasteiger partial charge in [-0.15, -0.1) is 0 Å². The van der Waals surface area contributed by atoms with Crippen LogP contribution in [0.25, 0.3) is 0 Å². The van der Waals surface area contributed by atoms with E-state index < -0.39 is 5.91 Å². The number of ether oxygens (including phenoxy) is 1. The van der Waals surface area contributed by atoms with Crippen LogP contribution in [0.5, 0.6) is 0 Å². The summed E-state index contributed by atoms with van der Waals surface area (Å²) in [5, 5.41) is 0. The van der Waals surface area contributed by atoms with E-state index in [4.69, 9.17) is 10.5 Å². The maximum Gasteiger partial charge on any atom is 0.243 e. The van der Waals surface area contributed by atoms with Crippen molar-refractivity contribution in [3.63, 3.8) is 0 Å². The first kappa shape index (κ1) is 10.5. The van der Waals surface area contributed by atoms with E-state index in [0.717, 1.165) is 13.0 Å². The van der Waals surface area contributed by atoms with Gasteiger partial charge in [0.1, 0.15) is 6.61 Å². The van der Waals surface area contributed by atoms with E-state index in [1.807, 2.05) is 0 Å². The summed E-state index contributed by atoms with van der Waals surface area (Å²) in [6.45, 7) is 1.80. The number of amides is 1. The van der Waals surface area contributed by atoms with Gasteiger partial charge in [0.2, 0.25) is 5.91 Å². The highest BCUT2D eigenvalue weighted by atomic mass is 16.5. The molecule has 0 aromatic carbocycles. The number of carbonyl (C=O) groups excluding carboxylic acids is 1. The number of nitrogens with two attached hydrogens (primary N) is 1. The van der Waals surface area contributed by atoms with Crippen LogP contribution in [0.2, 0.25) is 0 Å². The van der Waals surface area contributed by atoms with E-state index >= 15 is 0 Å². The standard InChI is InChI=1S/C9H18N2O2/c1-11-5-3-2-4-8(11)6-13-7-9(10)12/h8H,2-7H2,1H3,(H2,10,12). The summed E-state index contributed by atoms with van der Waals surface area (Å²) in [5.41, 5.74) is 4.97. The van der Waals surface area contributed by atoms with Gasteiger partial charge in [-0.3, -0.25) is 4.79 Å². The van der Waals surface area contributed by atoms with Gasteiger partial charge in [0.25, 0.3) is 0 Å². The van der Waals surface area contributed by atoms with E-state index in [9.17, 15) is 4.79 Å². The molecule has 0 aliphatic carbocycles. The van der Waals surface area contributed by atoms with Gasteiger partial charge in [-0.25, -0.2) is 0 Å². The van der Waals surface area contributed by atoms with Gasteiger partial charge >= 0.3 is 0 Å². The fourth-order valence-corrected chi connectivity index (χ4v) is 1.65. The van der Waals surface area contributed by atoms with Crippen LogP contribution in [0.4, 0.5) is 0 Å². The lowest BCUT2D eigenvalue weighted by Crippen LogP contribution is -2.40. The van der Waals surface area contributed by atoms with Gasteiger partial charge in [0.05, 0.1) is 6.61 Å². The Labute approximate surface area is 79.0 Å². The van der Waals surface area contributed by atoms with Gasteiger partial charge in [0, 0.05) is 6.04 Å². The number of likely N-dealkylation sites (tertiary alicyclic amines) is 1. The van der Waals surface area contributed by atoms with Crippen molar-refractivity contribution in [3.8, 4) is 0 Å². The molecular formula is C9H18N2O2. The maximum atomic E-state index is 10.4. The molecule has 1 atom stereocenters. The molecule has 4 nitrogen and oxygen atoms in total. The van der Waals surface area contributed by atoms with Crippen LogP contribution in [0.1, 0.15) is 19.3 Å². The van der Waals surface area contributed by atoms with E-state index in [-0.39, 0.29) is 6.61 Å². The van der Waals surface area contributed by atoms with Crippen molar-refractivity contribution in [2.75, 3.05) is 26.8 Å². The third-order valence-electron chi connectivity index (χ3n) is 2.48. The molecule has 1 heterocycles. The third-order valence-corrected chi connectivity index (χ3v) is 2.48. The zero-order chi connectivity index (χ0) is 9.68. The molecule has 1 aliphatic heterocycles. The Morgan fingerprint density at radius 1 is 1.62 bits per heavy atom. The summed E-state index contributed by atoms with van der Waals surface area (Å²) in [5.74, 6) is -0.390. The number of nitrogens with zero attached hydrogens (tertiary/aromatic N) is 1. The Morgan fingerprint density at radius 3 is 3.00 bits per heavy atom. The lowest BCUT2D eigenvalue weighted by atomic mass is 10.0. The van der Waals surface area contributed by atoms with Crippen molar-refractivity contribution >= 4 is 5.91 Å². The van der Waals surface area contributed by atoms with Crippen LogP contribution in [0.15, 0.2) is 0 Å². The SMILES string of the molecule is CN1CCCCC1COCC(N)=O. The Kier molecular flexibility index (Phi) is 4.18. The maximum absolute atomic E-state index is 10.4. The van der Waals surface area contributed by atoms with Crippen molar-refractivity contribution in [2.24, 2.45) is 5.73 Å². The van der Waals surface area contributed by atoms with Crippen LogP contribution in [0.3, 0.4) is 0 Å². The summed E-state index contributed by atoms with van der Waals surface area (Å²) in [7, 11) is 2.09. The van der Waals surface area contributed by atoms with Crippen LogP contribution in [-0.2, 0) is 9.53 Å². The molecule has 13 heavy (non-hydrogen) atoms. The number of piperidine rings is 1. The minimum Gasteiger partial charge on any atom is -0.370 e. The summed E-state index contributed by atoms with van der Waals surface area (Å²) in [6.07, 6.45) is 3.69. The highest BCUT2D eigenvalue weighted by molar-refractivity contribution is 5.74. The molecule has 4 heteroatoms. The van der Waals surface area contributed by atoms with Crippen molar-refractivity contribution in [3.05, 3.63) is 0 Å². The molecule has 0 spiro atoms. The van der Waals surface area contributed by atoms with Crippen molar-refractivity contribution in [1.82, 2.24) is 4.90 Å². The van der Waals surface area contributed by atoms with Gasteiger partial charge < -0.3 is 15.4 Å². The molecule has 0 saturated carbocycles. The number of primary amides is 1. The zero-order valence-electron chi connectivity index (χ0n) is 8.16. The highest BCUT2D eigenvalue weighted by Gasteiger charge is 2.18. The van der Waals surface area contributed by atoms with Crippen LogP contribution >= 0.6 is 0 Å². The Bertz CT molecular complexity index is 173. The summed E-state index contributed by atoms with van der Waals surface area (Å²) >= 11 is 0. The molecule has 1 aliphatic rings. The molecule has 1 rings (SSSR count). The first-order valence-electron chi connectivity index (χ1n) is 4.76. The zero-order valence-corrected chi connectivity index (χ0v) is 8.16. The largest absolute Gasteiger partial charge is 0.370 e. The molecule has 76 valence electrons. The quantitative estimate of drug-likeness (QED) is 0.671. The first-order valence-corrected chi connectivity index (χ1v) is 4.76. The second kappa shape index (κ2) is 5.19. The van der Waals surface area contributed by atoms with E-state index in [1.165, 1.54) is 12.8 Å². The Hall–Kier alpha value is -0.610. The molecule has 1 saturated heterocycles. The Morgan fingerprint density at radius 2 is 2.38 bits per heavy atom. The van der Waals surface area contributed by atoms with Crippen molar-refractivity contribution < 1.29 is 9.53 Å². The second-order valence-electron chi connectivity index (χ2n) is 3.61. The molecule has 1 unspecified atom stereocenters. The molecule has 0 aromatic heterocycles. The summed E-state index contributed by atoms with van der Waals surface area (Å²) in [4.78, 5) is 12.7. The smallest absolute Gasteiger partial charge is 0.243 e. The molecular weight excluding hydrogens is 168 g/mol. The first-order chi connectivity index (χ1) is 6.20. The monoisotopic (exact) mass is 186 g/mol. The van der Waals surface area contributed by atoms with E-state index in [1.54, 1.807) is 0 Å². The number of carbonyl (C=O) groups is 1. The molecule has 0 bridgehead atoms. The van der Waals surface area contributed by atoms with Crippen molar-refractivity contribution in [1.29, 1.82) is 0 Å². The average molecular weight is 186 g/mol. The van der Waals surface area contributed by atoms with Gasteiger partial charge in [-0.2, -0.15) is 0 Å². The number of likely N-dealkylation sites (N-methyl/N-ethyl adjacent to an activating group) is 1. The predicted molar refractivity (Wildman–Crippen MR) is 50.3 cm³/mol. The highest BCUT2D eigenvalue weighted by Crippen LogP contribution is 2.14. The Balaban J connectivity index is 2.15. The lowest BCUT2D eigenvalue weighted by Gasteiger charge is -2.31. The van der Waals surface area contributed by atoms with Crippen LogP contribution in [-0.4, -0.2) is 43.7 Å². The van der Waals surface area contributed by atoms with Crippen LogP contribution < -0.4 is 5.73 Å². The topological polar surface area (TPSA) is 55.6 Å². The molecule has 0 aromatic rings. The molecule has 2 N–H and O–H groups in total. The molecule has 0 radical (unpaired) electrons. The fraction of sp³-hybridized carbons (Fsp3) is 0.889. The van der Waals surface area contributed by atoms with Gasteiger partial charge in [-0.05, 0) is 26.4 Å². The third kappa shape index (κ3) is 3.74. The number of hydrogen-bond acceptors (Lipinski definition) is 3. The molecule has 1 amide bonds. The van der Waals surface area contributed by atoms with E-state index in [0.29, 0.717) is 12.6 Å². The fourth-order valence-electron chi connectivity index (χ4n) is 1.65. The molecule has 1 fully saturated rings. The minimum absolute atomic E-state index is 0.0460. The second-order valence-corrected chi connectivity index (χ2v) is 3.61. The minimum atomic E-state index is -0.390. The van der Waals surface area contributed by atoms with Gasteiger partial charge in [0.15, 0.2) is 0 Å². The lowest BCUT2D eigenvalue weighted by molar-refractivity contribution is -0.123. The van der Waals surface area contributed by atoms with Crippen molar-refractivity contribution in [2.45, 2.75) is 25.3 Å². The number of hydrogen-bond donors (Lipinski definition) is 1. The van der Waals surface area contributed by atoms with Gasteiger partial charge in [-0.1, -0.05) is 6.42 Å². The van der Waals surface area contributed by atoms with Crippen LogP contribution in [0, 0.1) is 0 Å². The normalized spacial score (nSPS) is 24.5. The predicted octanol–water partition coefficient (Wildman–Crippen LogP) is -0.0274.